The molecule has 0 bridgehead atoms. The van der Waals surface area contributed by atoms with Gasteiger partial charge in [0.25, 0.3) is 6.71 Å². The summed E-state index contributed by atoms with van der Waals surface area (Å²) in [4.78, 5) is 4.96. The molecule has 5 nitrogen and oxygen atoms in total. The summed E-state index contributed by atoms with van der Waals surface area (Å²) in [5, 5.41) is 4.46. The first-order valence-corrected chi connectivity index (χ1v) is 22.9. The lowest BCUT2D eigenvalue weighted by atomic mass is 9.33. The van der Waals surface area contributed by atoms with Crippen LogP contribution in [0.3, 0.4) is 0 Å². The summed E-state index contributed by atoms with van der Waals surface area (Å²) < 4.78 is 15.9. The minimum atomic E-state index is -0.0340. The summed E-state index contributed by atoms with van der Waals surface area (Å²) in [6.07, 6.45) is 0. The zero-order chi connectivity index (χ0) is 44.1. The van der Waals surface area contributed by atoms with E-state index in [1.165, 1.54) is 50.0 Å². The van der Waals surface area contributed by atoms with E-state index in [4.69, 9.17) is 8.83 Å². The van der Waals surface area contributed by atoms with Gasteiger partial charge in [-0.3, -0.25) is 0 Å². The fourth-order valence-corrected chi connectivity index (χ4v) is 11.0. The second-order valence-electron chi connectivity index (χ2n) is 20.3. The van der Waals surface area contributed by atoms with Gasteiger partial charge in [-0.2, -0.15) is 0 Å². The van der Waals surface area contributed by atoms with Crippen LogP contribution in [0.25, 0.3) is 60.6 Å². The van der Waals surface area contributed by atoms with E-state index in [-0.39, 0.29) is 17.5 Å². The molecule has 0 unspecified atom stereocenters. The minimum absolute atomic E-state index is 0.0328. The number of nitrogens with zero attached hydrogens (tertiary/aromatic N) is 3. The molecule has 0 amide bonds. The van der Waals surface area contributed by atoms with Crippen molar-refractivity contribution in [2.24, 2.45) is 0 Å². The first-order chi connectivity index (χ1) is 31.4. The zero-order valence-electron chi connectivity index (χ0n) is 37.8. The van der Waals surface area contributed by atoms with Crippen LogP contribution < -0.4 is 26.2 Å². The van der Waals surface area contributed by atoms with Gasteiger partial charge in [0.2, 0.25) is 0 Å². The lowest BCUT2D eigenvalue weighted by Gasteiger charge is -2.41. The van der Waals surface area contributed by atoms with Crippen molar-refractivity contribution < 1.29 is 8.83 Å². The SMILES string of the molecule is Cc1cc2c3c(c1)-n1c4c(cccc4c4oc5ccccc5c41)B3c1ccc(N(c3ccc(C(C)(C)C)cc3)c3ccc(C(C)(C)C)cc3)cc1N2c1cccc2oc3ccccc3c12. The molecule has 0 saturated carbocycles. The number of hydrogen-bond donors (Lipinski definition) is 0. The number of aryl methyl sites for hydroxylation is 1. The largest absolute Gasteiger partial charge is 0.456 e. The minimum Gasteiger partial charge on any atom is -0.456 e. The molecule has 0 N–H and O–H groups in total. The molecule has 2 aliphatic rings. The highest BCUT2D eigenvalue weighted by atomic mass is 16.3. The zero-order valence-corrected chi connectivity index (χ0v) is 37.8. The van der Waals surface area contributed by atoms with Gasteiger partial charge in [0.1, 0.15) is 22.3 Å². The van der Waals surface area contributed by atoms with Gasteiger partial charge in [-0.05, 0) is 136 Å². The van der Waals surface area contributed by atoms with Crippen molar-refractivity contribution in [3.05, 3.63) is 180 Å². The predicted molar refractivity (Wildman–Crippen MR) is 274 cm³/mol. The molecule has 2 aliphatic heterocycles. The summed E-state index contributed by atoms with van der Waals surface area (Å²) in [5.41, 5.74) is 21.5. The lowest BCUT2D eigenvalue weighted by molar-refractivity contribution is 0.590. The van der Waals surface area contributed by atoms with E-state index in [0.717, 1.165) is 77.8 Å². The number of rotatable bonds is 4. The highest BCUT2D eigenvalue weighted by Crippen LogP contribution is 2.48. The fourth-order valence-electron chi connectivity index (χ4n) is 11.0. The van der Waals surface area contributed by atoms with Crippen LogP contribution in [0.5, 0.6) is 0 Å². The number of benzene rings is 8. The van der Waals surface area contributed by atoms with Crippen LogP contribution in [0, 0.1) is 6.92 Å². The van der Waals surface area contributed by atoms with Crippen LogP contribution in [-0.2, 0) is 10.8 Å². The third-order valence-corrected chi connectivity index (χ3v) is 14.1. The van der Waals surface area contributed by atoms with Crippen LogP contribution >= 0.6 is 0 Å². The van der Waals surface area contributed by atoms with Gasteiger partial charge in [0, 0.05) is 50.3 Å². The third-order valence-electron chi connectivity index (χ3n) is 14.1. The number of aromatic nitrogens is 1. The molecule has 8 aromatic carbocycles. The van der Waals surface area contributed by atoms with Crippen LogP contribution in [0.4, 0.5) is 34.1 Å². The molecule has 5 heterocycles. The highest BCUT2D eigenvalue weighted by Gasteiger charge is 2.43. The molecule has 0 fully saturated rings. The standard InChI is InChI=1S/C59H48BN3O2/c1-35-32-48-54-49(33-35)63-55-43(57-56(63)42-15-9-11-20-51(42)65-57)16-12-17-45(55)60(54)44-31-30-40(34-47(44)62(48)46-18-13-21-52-53(46)41-14-8-10-19-50(41)64-52)61(38-26-22-36(23-27-38)58(2,3)4)39-28-24-37(25-29-39)59(5,6)7/h8-34H,1-7H3. The Balaban J connectivity index is 1.12. The molecule has 65 heavy (non-hydrogen) atoms. The quantitative estimate of drug-likeness (QED) is 0.165. The van der Waals surface area contributed by atoms with Gasteiger partial charge in [0.05, 0.1) is 16.6 Å². The summed E-state index contributed by atoms with van der Waals surface area (Å²) in [7, 11) is 0. The van der Waals surface area contributed by atoms with Gasteiger partial charge in [0.15, 0.2) is 5.58 Å². The fraction of sp³-hybridized carbons (Fsp3) is 0.153. The van der Waals surface area contributed by atoms with E-state index in [9.17, 15) is 0 Å². The van der Waals surface area contributed by atoms with Crippen LogP contribution in [0.15, 0.2) is 173 Å². The van der Waals surface area contributed by atoms with Crippen molar-refractivity contribution in [2.75, 3.05) is 9.80 Å². The summed E-state index contributed by atoms with van der Waals surface area (Å²) in [6, 6.07) is 60.5. The van der Waals surface area contributed by atoms with Gasteiger partial charge in [-0.1, -0.05) is 120 Å². The maximum Gasteiger partial charge on any atom is 0.252 e. The van der Waals surface area contributed by atoms with Crippen molar-refractivity contribution in [3.63, 3.8) is 0 Å². The van der Waals surface area contributed by atoms with Gasteiger partial charge >= 0.3 is 0 Å². The Kier molecular flexibility index (Phi) is 7.79. The van der Waals surface area contributed by atoms with Crippen LogP contribution in [-0.4, -0.2) is 11.3 Å². The number of furan rings is 2. The molecule has 0 radical (unpaired) electrons. The molecule has 11 aromatic rings. The Hall–Kier alpha value is -7.44. The van der Waals surface area contributed by atoms with Crippen molar-refractivity contribution in [1.29, 1.82) is 0 Å². The highest BCUT2D eigenvalue weighted by molar-refractivity contribution is 7.00. The van der Waals surface area contributed by atoms with Crippen LogP contribution in [0.1, 0.15) is 58.2 Å². The Bertz CT molecular complexity index is 3700. The maximum absolute atomic E-state index is 6.76. The van der Waals surface area contributed by atoms with Crippen molar-refractivity contribution in [2.45, 2.75) is 59.3 Å². The Labute approximate surface area is 379 Å². The summed E-state index contributed by atoms with van der Waals surface area (Å²) in [6.45, 7) is 15.9. The van der Waals surface area contributed by atoms with Crippen molar-refractivity contribution >= 4 is 112 Å². The molecule has 0 saturated heterocycles. The molecule has 13 rings (SSSR count). The van der Waals surface area contributed by atoms with Crippen molar-refractivity contribution in [3.8, 4) is 5.69 Å². The molecular weight excluding hydrogens is 793 g/mol. The molecule has 0 spiro atoms. The monoisotopic (exact) mass is 841 g/mol. The number of hydrogen-bond acceptors (Lipinski definition) is 4. The number of para-hydroxylation sites is 3. The van der Waals surface area contributed by atoms with E-state index < -0.39 is 0 Å². The van der Waals surface area contributed by atoms with E-state index in [1.54, 1.807) is 0 Å². The average Bonchev–Trinajstić information content (AvgIpc) is 3.97. The van der Waals surface area contributed by atoms with E-state index >= 15 is 0 Å². The Morgan fingerprint density at radius 3 is 1.74 bits per heavy atom. The molecule has 3 aromatic heterocycles. The van der Waals surface area contributed by atoms with E-state index in [1.807, 2.05) is 0 Å². The average molecular weight is 842 g/mol. The smallest absolute Gasteiger partial charge is 0.252 e. The second-order valence-corrected chi connectivity index (χ2v) is 20.3. The van der Waals surface area contributed by atoms with Crippen molar-refractivity contribution in [1.82, 2.24) is 4.57 Å². The Morgan fingerprint density at radius 2 is 1.05 bits per heavy atom. The third kappa shape index (κ3) is 5.46. The normalized spacial score (nSPS) is 13.4. The summed E-state index contributed by atoms with van der Waals surface area (Å²) in [5.74, 6) is 0. The molecule has 314 valence electrons. The summed E-state index contributed by atoms with van der Waals surface area (Å²) >= 11 is 0. The van der Waals surface area contributed by atoms with Gasteiger partial charge < -0.3 is 23.2 Å². The lowest BCUT2D eigenvalue weighted by Crippen LogP contribution is -2.60. The Morgan fingerprint density at radius 1 is 0.462 bits per heavy atom. The second kappa shape index (κ2) is 13.3. The molecular formula is C59H48BN3O2. The van der Waals surface area contributed by atoms with E-state index in [2.05, 4.69) is 227 Å². The topological polar surface area (TPSA) is 37.7 Å². The van der Waals surface area contributed by atoms with Gasteiger partial charge in [-0.15, -0.1) is 0 Å². The van der Waals surface area contributed by atoms with E-state index in [0.29, 0.717) is 0 Å². The molecule has 0 atom stereocenters. The first-order valence-electron chi connectivity index (χ1n) is 22.9. The maximum atomic E-state index is 6.76. The van der Waals surface area contributed by atoms with Crippen LogP contribution in [0.2, 0.25) is 0 Å². The molecule has 6 heteroatoms. The van der Waals surface area contributed by atoms with Gasteiger partial charge in [-0.25, -0.2) is 0 Å². The predicted octanol–water partition coefficient (Wildman–Crippen LogP) is 14.4. The number of fused-ring (bicyclic) bond motifs is 12. The first kappa shape index (κ1) is 38.1. The molecule has 0 aliphatic carbocycles. The number of anilines is 6.